The Hall–Kier alpha value is -2.24. The topological polar surface area (TPSA) is 61.1 Å². The molecule has 24 heavy (non-hydrogen) atoms. The maximum absolute atomic E-state index is 10.4. The highest BCUT2D eigenvalue weighted by Gasteiger charge is 2.04. The molecule has 0 atom stereocenters. The molecule has 0 saturated carbocycles. The number of aromatic nitrogens is 1. The van der Waals surface area contributed by atoms with Crippen LogP contribution in [0.2, 0.25) is 0 Å². The molecule has 0 fully saturated rings. The molecule has 0 unspecified atom stereocenters. The number of hydrogen-bond donors (Lipinski definition) is 0. The maximum atomic E-state index is 10.4. The summed E-state index contributed by atoms with van der Waals surface area (Å²) < 4.78 is 33.4. The molecule has 2 aromatic carbocycles. The highest BCUT2D eigenvalue weighted by Crippen LogP contribution is 2.11. The van der Waals surface area contributed by atoms with Crippen LogP contribution >= 0.6 is 0 Å². The minimum absolute atomic E-state index is 0.178. The first-order chi connectivity index (χ1) is 11.3. The maximum Gasteiger partial charge on any atom is 0.212 e. The Balaban J connectivity index is 0.000000177. The molecule has 0 aliphatic carbocycles. The zero-order valence-electron chi connectivity index (χ0n) is 14.1. The van der Waals surface area contributed by atoms with Gasteiger partial charge in [0.2, 0.25) is 5.52 Å². The highest BCUT2D eigenvalue weighted by molar-refractivity contribution is 7.85. The van der Waals surface area contributed by atoms with Crippen molar-refractivity contribution >= 4 is 21.0 Å². The van der Waals surface area contributed by atoms with Crippen LogP contribution in [0.4, 0.5) is 0 Å². The van der Waals surface area contributed by atoms with Gasteiger partial charge in [-0.3, -0.25) is 0 Å². The highest BCUT2D eigenvalue weighted by atomic mass is 32.2. The second kappa shape index (κ2) is 7.55. The van der Waals surface area contributed by atoms with Crippen LogP contribution in [0.15, 0.2) is 65.7 Å². The fourth-order valence-electron chi connectivity index (χ4n) is 2.38. The van der Waals surface area contributed by atoms with Gasteiger partial charge in [-0.15, -0.1) is 0 Å². The molecule has 126 valence electrons. The lowest BCUT2D eigenvalue weighted by molar-refractivity contribution is -0.667. The number of aryl methyl sites for hydroxylation is 3. The summed E-state index contributed by atoms with van der Waals surface area (Å²) >= 11 is 0. The fraction of sp³-hybridized carbons (Fsp3) is 0.211. The van der Waals surface area contributed by atoms with Gasteiger partial charge in [-0.1, -0.05) is 29.3 Å². The van der Waals surface area contributed by atoms with E-state index in [1.54, 1.807) is 12.1 Å². The van der Waals surface area contributed by atoms with Crippen LogP contribution in [0.25, 0.3) is 10.9 Å². The van der Waals surface area contributed by atoms with Crippen LogP contribution in [0, 0.1) is 13.8 Å². The van der Waals surface area contributed by atoms with Crippen LogP contribution in [0.3, 0.4) is 0 Å². The molecular weight excluding hydrogens is 322 g/mol. The molecule has 0 bridgehead atoms. The summed E-state index contributed by atoms with van der Waals surface area (Å²) in [6, 6.07) is 16.6. The lowest BCUT2D eigenvalue weighted by Gasteiger charge is -2.05. The molecule has 4 nitrogen and oxygen atoms in total. The van der Waals surface area contributed by atoms with Gasteiger partial charge in [0.05, 0.1) is 4.90 Å². The Morgan fingerprint density at radius 2 is 1.58 bits per heavy atom. The lowest BCUT2D eigenvalue weighted by atomic mass is 10.1. The Labute approximate surface area is 143 Å². The molecule has 0 amide bonds. The summed E-state index contributed by atoms with van der Waals surface area (Å²) in [5, 5.41) is 1.32. The minimum atomic E-state index is -4.27. The van der Waals surface area contributed by atoms with Crippen molar-refractivity contribution in [2.45, 2.75) is 32.2 Å². The van der Waals surface area contributed by atoms with Gasteiger partial charge in [-0.25, -0.2) is 8.42 Å². The summed E-state index contributed by atoms with van der Waals surface area (Å²) in [5.41, 5.74) is 3.56. The van der Waals surface area contributed by atoms with Crippen molar-refractivity contribution in [2.75, 3.05) is 0 Å². The van der Waals surface area contributed by atoms with Gasteiger partial charge in [0.15, 0.2) is 6.20 Å². The Kier molecular flexibility index (Phi) is 5.70. The normalized spacial score (nSPS) is 11.0. The SMILES string of the molecule is CC[n+]1cccc2cc(C)ccc21.Cc1ccc(S(=O)(=O)[O-])cc1. The first-order valence-corrected chi connectivity index (χ1v) is 9.13. The summed E-state index contributed by atoms with van der Waals surface area (Å²) in [5.74, 6) is 0. The number of hydrogen-bond acceptors (Lipinski definition) is 3. The Morgan fingerprint density at radius 3 is 2.17 bits per heavy atom. The van der Waals surface area contributed by atoms with E-state index in [0.717, 1.165) is 12.1 Å². The zero-order valence-corrected chi connectivity index (χ0v) is 14.9. The van der Waals surface area contributed by atoms with Crippen molar-refractivity contribution in [1.29, 1.82) is 0 Å². The average Bonchev–Trinajstić information content (AvgIpc) is 2.54. The van der Waals surface area contributed by atoms with E-state index in [1.807, 2.05) is 6.92 Å². The summed E-state index contributed by atoms with van der Waals surface area (Å²) in [6.45, 7) is 7.14. The van der Waals surface area contributed by atoms with Crippen LogP contribution in [0.5, 0.6) is 0 Å². The molecule has 0 N–H and O–H groups in total. The van der Waals surface area contributed by atoms with Crippen LogP contribution in [0.1, 0.15) is 18.1 Å². The van der Waals surface area contributed by atoms with E-state index in [9.17, 15) is 13.0 Å². The molecule has 0 radical (unpaired) electrons. The van der Waals surface area contributed by atoms with Gasteiger partial charge >= 0.3 is 0 Å². The van der Waals surface area contributed by atoms with Crippen molar-refractivity contribution in [1.82, 2.24) is 0 Å². The number of benzene rings is 2. The van der Waals surface area contributed by atoms with Gasteiger partial charge in [0, 0.05) is 17.5 Å². The largest absolute Gasteiger partial charge is 0.744 e. The van der Waals surface area contributed by atoms with Crippen molar-refractivity contribution in [3.8, 4) is 0 Å². The fourth-order valence-corrected chi connectivity index (χ4v) is 2.85. The van der Waals surface area contributed by atoms with Gasteiger partial charge in [0.1, 0.15) is 16.7 Å². The van der Waals surface area contributed by atoms with Crippen molar-refractivity contribution in [3.63, 3.8) is 0 Å². The van der Waals surface area contributed by atoms with Crippen LogP contribution in [-0.4, -0.2) is 13.0 Å². The molecule has 0 aliphatic rings. The Morgan fingerprint density at radius 1 is 0.958 bits per heavy atom. The molecule has 3 rings (SSSR count). The molecule has 5 heteroatoms. The molecule has 0 saturated heterocycles. The minimum Gasteiger partial charge on any atom is -0.744 e. The van der Waals surface area contributed by atoms with Crippen LogP contribution in [-0.2, 0) is 16.7 Å². The third-order valence-corrected chi connectivity index (χ3v) is 4.53. The average molecular weight is 343 g/mol. The molecule has 1 aromatic heterocycles. The first-order valence-electron chi connectivity index (χ1n) is 7.72. The van der Waals surface area contributed by atoms with E-state index < -0.39 is 10.1 Å². The number of pyridine rings is 1. The van der Waals surface area contributed by atoms with E-state index in [-0.39, 0.29) is 4.90 Å². The van der Waals surface area contributed by atoms with E-state index in [2.05, 4.69) is 54.9 Å². The molecule has 3 aromatic rings. The van der Waals surface area contributed by atoms with Gasteiger partial charge in [-0.2, -0.15) is 4.57 Å². The second-order valence-corrected chi connectivity index (χ2v) is 7.00. The lowest BCUT2D eigenvalue weighted by Crippen LogP contribution is -2.32. The van der Waals surface area contributed by atoms with E-state index in [0.29, 0.717) is 0 Å². The summed E-state index contributed by atoms with van der Waals surface area (Å²) in [4.78, 5) is -0.178. The molecule has 0 aliphatic heterocycles. The summed E-state index contributed by atoms with van der Waals surface area (Å²) in [6.07, 6.45) is 2.12. The van der Waals surface area contributed by atoms with E-state index in [4.69, 9.17) is 0 Å². The van der Waals surface area contributed by atoms with Crippen LogP contribution < -0.4 is 4.57 Å². The third-order valence-electron chi connectivity index (χ3n) is 3.68. The third kappa shape index (κ3) is 4.63. The second-order valence-electron chi connectivity index (χ2n) is 5.62. The van der Waals surface area contributed by atoms with Crippen molar-refractivity contribution in [3.05, 3.63) is 71.9 Å². The molecule has 1 heterocycles. The van der Waals surface area contributed by atoms with E-state index in [1.165, 1.54) is 28.6 Å². The number of nitrogens with zero attached hydrogens (tertiary/aromatic N) is 1. The van der Waals surface area contributed by atoms with Crippen molar-refractivity contribution < 1.29 is 17.5 Å². The number of rotatable bonds is 2. The first kappa shape index (κ1) is 18.1. The summed E-state index contributed by atoms with van der Waals surface area (Å²) in [7, 11) is -4.27. The van der Waals surface area contributed by atoms with Crippen molar-refractivity contribution in [2.24, 2.45) is 0 Å². The van der Waals surface area contributed by atoms with Gasteiger partial charge in [-0.05, 0) is 45.0 Å². The van der Waals surface area contributed by atoms with Gasteiger partial charge < -0.3 is 4.55 Å². The predicted octanol–water partition coefficient (Wildman–Crippen LogP) is 3.35. The quantitative estimate of drug-likeness (QED) is 0.529. The smallest absolute Gasteiger partial charge is 0.212 e. The predicted molar refractivity (Wildman–Crippen MR) is 93.7 cm³/mol. The monoisotopic (exact) mass is 343 g/mol. The molecule has 0 spiro atoms. The van der Waals surface area contributed by atoms with Gasteiger partial charge in [0.25, 0.3) is 0 Å². The number of fused-ring (bicyclic) bond motifs is 1. The zero-order chi connectivity index (χ0) is 17.7. The Bertz CT molecular complexity index is 932. The standard InChI is InChI=1S/C12H14N.C7H8O3S/c1-3-13-8-4-5-11-9-10(2)6-7-12(11)13;1-6-2-4-7(5-3-6)11(8,9)10/h4-9H,3H2,1-2H3;2-5H,1H3,(H,8,9,10)/q+1;/p-1. The molecular formula is C19H21NO3S. The van der Waals surface area contributed by atoms with E-state index >= 15 is 0 Å².